The van der Waals surface area contributed by atoms with Crippen LogP contribution in [0.4, 0.5) is 10.1 Å². The van der Waals surface area contributed by atoms with Gasteiger partial charge in [-0.1, -0.05) is 30.3 Å². The number of hydrazine groups is 1. The summed E-state index contributed by atoms with van der Waals surface area (Å²) in [6.07, 6.45) is 0.0886. The summed E-state index contributed by atoms with van der Waals surface area (Å²) in [5.74, 6) is -0.938. The van der Waals surface area contributed by atoms with Crippen molar-refractivity contribution < 1.29 is 14.0 Å². The number of carbonyl (C=O) groups excluding carboxylic acids is 2. The highest BCUT2D eigenvalue weighted by atomic mass is 32.1. The topological polar surface area (TPSA) is 82.3 Å². The number of hydrogen-bond donors (Lipinski definition) is 4. The molecule has 2 aromatic carbocycles. The van der Waals surface area contributed by atoms with Gasteiger partial charge >= 0.3 is 0 Å². The van der Waals surface area contributed by atoms with Gasteiger partial charge in [0.2, 0.25) is 11.8 Å². The molecule has 0 radical (unpaired) electrons. The first-order chi connectivity index (χ1) is 12.5. The summed E-state index contributed by atoms with van der Waals surface area (Å²) < 4.78 is 12.8. The van der Waals surface area contributed by atoms with Crippen LogP contribution in [0.3, 0.4) is 0 Å². The lowest BCUT2D eigenvalue weighted by Gasteiger charge is -2.11. The SMILES string of the molecule is O=C(CCC(=O)NNC(=S)Nc1ccc(F)cc1)NCc1ccccc1. The Morgan fingerprint density at radius 2 is 1.54 bits per heavy atom. The Morgan fingerprint density at radius 3 is 2.23 bits per heavy atom. The maximum atomic E-state index is 12.8. The second-order valence-electron chi connectivity index (χ2n) is 5.40. The Bertz CT molecular complexity index is 754. The highest BCUT2D eigenvalue weighted by Gasteiger charge is 2.07. The summed E-state index contributed by atoms with van der Waals surface area (Å²) in [7, 11) is 0. The van der Waals surface area contributed by atoms with Crippen LogP contribution in [0, 0.1) is 5.82 Å². The van der Waals surface area contributed by atoms with Gasteiger partial charge < -0.3 is 10.6 Å². The van der Waals surface area contributed by atoms with Crippen molar-refractivity contribution in [3.05, 3.63) is 66.0 Å². The summed E-state index contributed by atoms with van der Waals surface area (Å²) in [5, 5.41) is 5.69. The van der Waals surface area contributed by atoms with Crippen molar-refractivity contribution in [2.45, 2.75) is 19.4 Å². The van der Waals surface area contributed by atoms with Crippen LogP contribution < -0.4 is 21.5 Å². The van der Waals surface area contributed by atoms with Gasteiger partial charge in [-0.15, -0.1) is 0 Å². The van der Waals surface area contributed by atoms with E-state index in [0.717, 1.165) is 5.56 Å². The molecule has 26 heavy (non-hydrogen) atoms. The van der Waals surface area contributed by atoms with E-state index in [-0.39, 0.29) is 35.6 Å². The molecule has 0 heterocycles. The minimum Gasteiger partial charge on any atom is -0.352 e. The molecule has 0 aliphatic rings. The lowest BCUT2D eigenvalue weighted by molar-refractivity contribution is -0.126. The van der Waals surface area contributed by atoms with Gasteiger partial charge in [0.05, 0.1) is 0 Å². The largest absolute Gasteiger partial charge is 0.352 e. The number of halogens is 1. The highest BCUT2D eigenvalue weighted by Crippen LogP contribution is 2.07. The molecule has 0 saturated carbocycles. The molecule has 136 valence electrons. The Morgan fingerprint density at radius 1 is 0.885 bits per heavy atom. The predicted molar refractivity (Wildman–Crippen MR) is 101 cm³/mol. The summed E-state index contributed by atoms with van der Waals surface area (Å²) in [6.45, 7) is 0.422. The normalized spacial score (nSPS) is 9.88. The Hall–Kier alpha value is -3.00. The molecule has 0 fully saturated rings. The number of hydrogen-bond acceptors (Lipinski definition) is 3. The third-order valence-electron chi connectivity index (χ3n) is 3.33. The highest BCUT2D eigenvalue weighted by molar-refractivity contribution is 7.80. The van der Waals surface area contributed by atoms with Crippen LogP contribution in [0.25, 0.3) is 0 Å². The Kier molecular flexibility index (Phi) is 7.50. The van der Waals surface area contributed by atoms with Crippen molar-refractivity contribution in [2.24, 2.45) is 0 Å². The zero-order valence-corrected chi connectivity index (χ0v) is 14.7. The van der Waals surface area contributed by atoms with E-state index in [1.165, 1.54) is 24.3 Å². The van der Waals surface area contributed by atoms with E-state index in [4.69, 9.17) is 12.2 Å². The lowest BCUT2D eigenvalue weighted by atomic mass is 10.2. The molecule has 0 aromatic heterocycles. The van der Waals surface area contributed by atoms with Gasteiger partial charge in [-0.2, -0.15) is 0 Å². The van der Waals surface area contributed by atoms with Crippen molar-refractivity contribution in [3.63, 3.8) is 0 Å². The van der Waals surface area contributed by atoms with Crippen molar-refractivity contribution >= 4 is 34.8 Å². The van der Waals surface area contributed by atoms with Gasteiger partial charge in [0.1, 0.15) is 5.82 Å². The fourth-order valence-electron chi connectivity index (χ4n) is 2.00. The van der Waals surface area contributed by atoms with Crippen molar-refractivity contribution in [3.8, 4) is 0 Å². The molecule has 0 saturated heterocycles. The van der Waals surface area contributed by atoms with E-state index in [1.54, 1.807) is 0 Å². The van der Waals surface area contributed by atoms with Crippen molar-refractivity contribution in [2.75, 3.05) is 5.32 Å². The number of rotatable bonds is 6. The summed E-state index contributed by atoms with van der Waals surface area (Å²) in [4.78, 5) is 23.5. The molecule has 0 aliphatic carbocycles. The molecule has 0 aliphatic heterocycles. The average Bonchev–Trinajstić information content (AvgIpc) is 2.65. The molecule has 2 aromatic rings. The van der Waals surface area contributed by atoms with Gasteiger partial charge in [0, 0.05) is 25.1 Å². The van der Waals surface area contributed by atoms with E-state index in [9.17, 15) is 14.0 Å². The monoisotopic (exact) mass is 374 g/mol. The summed E-state index contributed by atoms with van der Waals surface area (Å²) in [5.41, 5.74) is 6.49. The fourth-order valence-corrected chi connectivity index (χ4v) is 2.17. The zero-order valence-electron chi connectivity index (χ0n) is 13.9. The van der Waals surface area contributed by atoms with Crippen LogP contribution >= 0.6 is 12.2 Å². The molecule has 2 amide bonds. The molecule has 0 unspecified atom stereocenters. The fraction of sp³-hybridized carbons (Fsp3) is 0.167. The van der Waals surface area contributed by atoms with Gasteiger partial charge in [-0.3, -0.25) is 20.4 Å². The number of carbonyl (C=O) groups is 2. The lowest BCUT2D eigenvalue weighted by Crippen LogP contribution is -2.44. The van der Waals surface area contributed by atoms with Crippen molar-refractivity contribution in [1.82, 2.24) is 16.2 Å². The first kappa shape index (κ1) is 19.3. The third-order valence-corrected chi connectivity index (χ3v) is 3.53. The zero-order chi connectivity index (χ0) is 18.8. The van der Waals surface area contributed by atoms with Crippen LogP contribution in [-0.4, -0.2) is 16.9 Å². The Balaban J connectivity index is 1.61. The molecule has 0 spiro atoms. The standard InChI is InChI=1S/C18H19FN4O2S/c19-14-6-8-15(9-7-14)21-18(26)23-22-17(25)11-10-16(24)20-12-13-4-2-1-3-5-13/h1-9H,10-12H2,(H,20,24)(H,22,25)(H2,21,23,26). The minimum absolute atomic E-state index is 0.0206. The number of thiocarbonyl (C=S) groups is 1. The second kappa shape index (κ2) is 10.1. The minimum atomic E-state index is -0.372. The number of benzene rings is 2. The Labute approximate surface area is 156 Å². The van der Waals surface area contributed by atoms with Gasteiger partial charge in [-0.25, -0.2) is 4.39 Å². The first-order valence-corrected chi connectivity index (χ1v) is 8.36. The van der Waals surface area contributed by atoms with E-state index in [0.29, 0.717) is 12.2 Å². The summed E-state index contributed by atoms with van der Waals surface area (Å²) in [6, 6.07) is 15.1. The maximum absolute atomic E-state index is 12.8. The van der Waals surface area contributed by atoms with Crippen LogP contribution in [0.5, 0.6) is 0 Å². The quantitative estimate of drug-likeness (QED) is 0.461. The molecule has 4 N–H and O–H groups in total. The maximum Gasteiger partial charge on any atom is 0.238 e. The van der Waals surface area contributed by atoms with E-state index < -0.39 is 0 Å². The van der Waals surface area contributed by atoms with Crippen LogP contribution in [-0.2, 0) is 16.1 Å². The smallest absolute Gasteiger partial charge is 0.238 e. The molecule has 2 rings (SSSR count). The number of anilines is 1. The van der Waals surface area contributed by atoms with Gasteiger partial charge in [-0.05, 0) is 42.0 Å². The third kappa shape index (κ3) is 7.27. The molecule has 8 heteroatoms. The number of amides is 2. The van der Waals surface area contributed by atoms with Crippen LogP contribution in [0.2, 0.25) is 0 Å². The van der Waals surface area contributed by atoms with Crippen LogP contribution in [0.15, 0.2) is 54.6 Å². The van der Waals surface area contributed by atoms with Gasteiger partial charge in [0.15, 0.2) is 5.11 Å². The van der Waals surface area contributed by atoms with Crippen LogP contribution in [0.1, 0.15) is 18.4 Å². The predicted octanol–water partition coefficient (Wildman–Crippen LogP) is 2.24. The van der Waals surface area contributed by atoms with E-state index in [2.05, 4.69) is 21.5 Å². The number of nitrogens with one attached hydrogen (secondary N) is 4. The van der Waals surface area contributed by atoms with Crippen molar-refractivity contribution in [1.29, 1.82) is 0 Å². The molecule has 6 nitrogen and oxygen atoms in total. The average molecular weight is 374 g/mol. The summed E-state index contributed by atoms with van der Waals surface area (Å²) >= 11 is 5.01. The van der Waals surface area contributed by atoms with E-state index in [1.807, 2.05) is 30.3 Å². The molecular formula is C18H19FN4O2S. The first-order valence-electron chi connectivity index (χ1n) is 7.95. The molecule has 0 bridgehead atoms. The second-order valence-corrected chi connectivity index (χ2v) is 5.80. The van der Waals surface area contributed by atoms with E-state index >= 15 is 0 Å². The van der Waals surface area contributed by atoms with Gasteiger partial charge in [0.25, 0.3) is 0 Å². The molecule has 0 atom stereocenters. The molecular weight excluding hydrogens is 355 g/mol.